The molecule has 1 aliphatic heterocycles. The monoisotopic (exact) mass is 323 g/mol. The summed E-state index contributed by atoms with van der Waals surface area (Å²) >= 11 is 0. The van der Waals surface area contributed by atoms with Gasteiger partial charge >= 0.3 is 0 Å². The van der Waals surface area contributed by atoms with Crippen LogP contribution in [-0.2, 0) is 11.3 Å². The van der Waals surface area contributed by atoms with Gasteiger partial charge in [0.05, 0.1) is 5.69 Å². The van der Waals surface area contributed by atoms with Crippen molar-refractivity contribution in [2.45, 2.75) is 26.3 Å². The molecule has 130 valence electrons. The normalized spacial score (nSPS) is 16.8. The van der Waals surface area contributed by atoms with Gasteiger partial charge in [-0.25, -0.2) is 0 Å². The third kappa shape index (κ3) is 6.19. The Hall–Kier alpha value is -1.60. The van der Waals surface area contributed by atoms with E-state index in [2.05, 4.69) is 25.3 Å². The summed E-state index contributed by atoms with van der Waals surface area (Å²) in [5, 5.41) is 7.43. The van der Waals surface area contributed by atoms with E-state index >= 15 is 0 Å². The van der Waals surface area contributed by atoms with Crippen molar-refractivity contribution in [3.05, 3.63) is 18.0 Å². The SMILES string of the molecule is CCOCCCCNC(=NC)N1CCN(Cc2ccon2)CC1. The minimum atomic E-state index is 0.799. The molecule has 0 aromatic carbocycles. The number of guanidine groups is 1. The first-order valence-electron chi connectivity index (χ1n) is 8.48. The number of aromatic nitrogens is 1. The molecule has 0 radical (unpaired) electrons. The maximum atomic E-state index is 5.35. The predicted molar refractivity (Wildman–Crippen MR) is 90.4 cm³/mol. The van der Waals surface area contributed by atoms with Gasteiger partial charge in [-0.05, 0) is 19.8 Å². The number of aliphatic imine (C=N–C) groups is 1. The smallest absolute Gasteiger partial charge is 0.193 e. The Labute approximate surface area is 138 Å². The first kappa shape index (κ1) is 17.7. The Morgan fingerprint density at radius 2 is 2.17 bits per heavy atom. The van der Waals surface area contributed by atoms with E-state index in [4.69, 9.17) is 9.26 Å². The molecule has 1 aromatic rings. The van der Waals surface area contributed by atoms with Gasteiger partial charge in [-0.2, -0.15) is 0 Å². The molecule has 0 saturated carbocycles. The van der Waals surface area contributed by atoms with E-state index in [1.807, 2.05) is 20.0 Å². The summed E-state index contributed by atoms with van der Waals surface area (Å²) in [7, 11) is 1.85. The minimum absolute atomic E-state index is 0.799. The fraction of sp³-hybridized carbons (Fsp3) is 0.750. The maximum Gasteiger partial charge on any atom is 0.193 e. The molecule has 2 heterocycles. The number of nitrogens with one attached hydrogen (secondary N) is 1. The lowest BCUT2D eigenvalue weighted by molar-refractivity contribution is 0.143. The van der Waals surface area contributed by atoms with Crippen LogP contribution >= 0.6 is 0 Å². The lowest BCUT2D eigenvalue weighted by Gasteiger charge is -2.36. The van der Waals surface area contributed by atoms with Gasteiger partial charge in [-0.1, -0.05) is 5.16 Å². The minimum Gasteiger partial charge on any atom is -0.382 e. The number of piperazine rings is 1. The van der Waals surface area contributed by atoms with E-state index in [0.717, 1.165) is 77.0 Å². The van der Waals surface area contributed by atoms with Crippen molar-refractivity contribution in [3.63, 3.8) is 0 Å². The number of ether oxygens (including phenoxy) is 1. The van der Waals surface area contributed by atoms with Gasteiger partial charge < -0.3 is 19.5 Å². The Bertz CT molecular complexity index is 441. The number of unbranched alkanes of at least 4 members (excludes halogenated alkanes) is 1. The van der Waals surface area contributed by atoms with Crippen molar-refractivity contribution in [1.82, 2.24) is 20.3 Å². The summed E-state index contributed by atoms with van der Waals surface area (Å²) < 4.78 is 10.2. The highest BCUT2D eigenvalue weighted by Gasteiger charge is 2.19. The average Bonchev–Trinajstić information content (AvgIpc) is 3.08. The maximum absolute atomic E-state index is 5.35. The van der Waals surface area contributed by atoms with Gasteiger partial charge in [0.1, 0.15) is 6.26 Å². The first-order chi connectivity index (χ1) is 11.3. The third-order valence-corrected chi connectivity index (χ3v) is 3.96. The number of nitrogens with zero attached hydrogens (tertiary/aromatic N) is 4. The van der Waals surface area contributed by atoms with Gasteiger partial charge in [0.25, 0.3) is 0 Å². The third-order valence-electron chi connectivity index (χ3n) is 3.96. The fourth-order valence-electron chi connectivity index (χ4n) is 2.67. The molecule has 0 bridgehead atoms. The zero-order chi connectivity index (χ0) is 16.3. The van der Waals surface area contributed by atoms with Gasteiger partial charge in [-0.15, -0.1) is 0 Å². The molecule has 2 rings (SSSR count). The molecule has 0 aliphatic carbocycles. The van der Waals surface area contributed by atoms with Gasteiger partial charge in [0, 0.05) is 65.6 Å². The molecule has 0 amide bonds. The van der Waals surface area contributed by atoms with Crippen LogP contribution in [0.3, 0.4) is 0 Å². The van der Waals surface area contributed by atoms with Crippen LogP contribution in [0.5, 0.6) is 0 Å². The molecule has 7 heteroatoms. The summed E-state index contributed by atoms with van der Waals surface area (Å²) in [6.45, 7) is 9.46. The van der Waals surface area contributed by atoms with Crippen molar-refractivity contribution in [2.75, 3.05) is 53.0 Å². The molecule has 1 saturated heterocycles. The first-order valence-corrected chi connectivity index (χ1v) is 8.48. The lowest BCUT2D eigenvalue weighted by atomic mass is 10.3. The van der Waals surface area contributed by atoms with Gasteiger partial charge in [0.2, 0.25) is 0 Å². The highest BCUT2D eigenvalue weighted by molar-refractivity contribution is 5.79. The van der Waals surface area contributed by atoms with E-state index in [1.54, 1.807) is 6.26 Å². The summed E-state index contributed by atoms with van der Waals surface area (Å²) in [6, 6.07) is 1.93. The van der Waals surface area contributed by atoms with Crippen LogP contribution < -0.4 is 5.32 Å². The van der Waals surface area contributed by atoms with Gasteiger partial charge in [0.15, 0.2) is 5.96 Å². The molecule has 1 fully saturated rings. The second-order valence-corrected chi connectivity index (χ2v) is 5.63. The van der Waals surface area contributed by atoms with Crippen LogP contribution in [0.2, 0.25) is 0 Å². The zero-order valence-electron chi connectivity index (χ0n) is 14.3. The summed E-state index contributed by atoms with van der Waals surface area (Å²) in [5.74, 6) is 1.00. The molecular weight excluding hydrogens is 294 g/mol. The van der Waals surface area contributed by atoms with E-state index in [9.17, 15) is 0 Å². The van der Waals surface area contributed by atoms with E-state index in [-0.39, 0.29) is 0 Å². The number of rotatable bonds is 8. The standard InChI is InChI=1S/C16H29N5O2/c1-3-22-12-5-4-7-18-16(17-2)21-10-8-20(9-11-21)14-15-6-13-23-19-15/h6,13H,3-5,7-12,14H2,1-2H3,(H,17,18). The summed E-state index contributed by atoms with van der Waals surface area (Å²) in [5.41, 5.74) is 0.996. The number of hydrogen-bond acceptors (Lipinski definition) is 5. The molecular formula is C16H29N5O2. The molecule has 7 nitrogen and oxygen atoms in total. The fourth-order valence-corrected chi connectivity index (χ4v) is 2.67. The number of hydrogen-bond donors (Lipinski definition) is 1. The van der Waals surface area contributed by atoms with Crippen LogP contribution in [0.15, 0.2) is 21.8 Å². The summed E-state index contributed by atoms with van der Waals surface area (Å²) in [6.07, 6.45) is 3.82. The summed E-state index contributed by atoms with van der Waals surface area (Å²) in [4.78, 5) is 9.11. The molecule has 0 unspecified atom stereocenters. The molecule has 0 atom stereocenters. The highest BCUT2D eigenvalue weighted by Crippen LogP contribution is 2.07. The lowest BCUT2D eigenvalue weighted by Crippen LogP contribution is -2.52. The quantitative estimate of drug-likeness (QED) is 0.440. The molecule has 23 heavy (non-hydrogen) atoms. The molecule has 0 spiro atoms. The van der Waals surface area contributed by atoms with E-state index in [1.165, 1.54) is 0 Å². The molecule has 1 N–H and O–H groups in total. The predicted octanol–water partition coefficient (Wildman–Crippen LogP) is 1.18. The van der Waals surface area contributed by atoms with Crippen LogP contribution in [0.25, 0.3) is 0 Å². The average molecular weight is 323 g/mol. The highest BCUT2D eigenvalue weighted by atomic mass is 16.5. The molecule has 1 aliphatic rings. The Balaban J connectivity index is 1.64. The van der Waals surface area contributed by atoms with Crippen molar-refractivity contribution >= 4 is 5.96 Å². The Kier molecular flexibility index (Phi) is 7.89. The van der Waals surface area contributed by atoms with Crippen molar-refractivity contribution in [1.29, 1.82) is 0 Å². The second kappa shape index (κ2) is 10.2. The largest absolute Gasteiger partial charge is 0.382 e. The van der Waals surface area contributed by atoms with Crippen LogP contribution in [0, 0.1) is 0 Å². The topological polar surface area (TPSA) is 66.1 Å². The van der Waals surface area contributed by atoms with Crippen molar-refractivity contribution in [2.24, 2.45) is 4.99 Å². The van der Waals surface area contributed by atoms with Crippen LogP contribution in [-0.4, -0.2) is 73.9 Å². The van der Waals surface area contributed by atoms with Gasteiger partial charge in [-0.3, -0.25) is 9.89 Å². The van der Waals surface area contributed by atoms with Crippen LogP contribution in [0.4, 0.5) is 0 Å². The Morgan fingerprint density at radius 3 is 2.83 bits per heavy atom. The van der Waals surface area contributed by atoms with Crippen molar-refractivity contribution < 1.29 is 9.26 Å². The van der Waals surface area contributed by atoms with Crippen molar-refractivity contribution in [3.8, 4) is 0 Å². The zero-order valence-corrected chi connectivity index (χ0v) is 14.3. The van der Waals surface area contributed by atoms with E-state index in [0.29, 0.717) is 0 Å². The second-order valence-electron chi connectivity index (χ2n) is 5.63. The molecule has 1 aromatic heterocycles. The van der Waals surface area contributed by atoms with Crippen LogP contribution in [0.1, 0.15) is 25.5 Å². The Morgan fingerprint density at radius 1 is 1.35 bits per heavy atom. The van der Waals surface area contributed by atoms with E-state index < -0.39 is 0 Å².